The smallest absolute Gasteiger partial charge is 0.131 e. The highest BCUT2D eigenvalue weighted by molar-refractivity contribution is 5.69. The van der Waals surface area contributed by atoms with Crippen LogP contribution in [0.3, 0.4) is 0 Å². The summed E-state index contributed by atoms with van der Waals surface area (Å²) in [5.41, 5.74) is 7.97. The number of nitrogens with zero attached hydrogens (tertiary/aromatic N) is 4. The molecule has 0 unspecified atom stereocenters. The molecule has 17 heavy (non-hydrogen) atoms. The normalized spacial score (nSPS) is 11.0. The van der Waals surface area contributed by atoms with Crippen molar-refractivity contribution in [2.24, 2.45) is 0 Å². The highest BCUT2D eigenvalue weighted by Crippen LogP contribution is 2.25. The molecule has 0 aromatic carbocycles. The van der Waals surface area contributed by atoms with Gasteiger partial charge in [0.1, 0.15) is 17.3 Å². The van der Waals surface area contributed by atoms with E-state index < -0.39 is 0 Å². The van der Waals surface area contributed by atoms with Crippen LogP contribution in [0.4, 0.5) is 5.82 Å². The summed E-state index contributed by atoms with van der Waals surface area (Å²) in [6, 6.07) is 0. The number of rotatable bonds is 4. The number of aromatic nitrogens is 4. The van der Waals surface area contributed by atoms with Crippen molar-refractivity contribution >= 4 is 5.82 Å². The van der Waals surface area contributed by atoms with Gasteiger partial charge in [-0.2, -0.15) is 5.10 Å². The van der Waals surface area contributed by atoms with Gasteiger partial charge in [0, 0.05) is 24.8 Å². The van der Waals surface area contributed by atoms with Crippen LogP contribution < -0.4 is 5.73 Å². The van der Waals surface area contributed by atoms with Crippen molar-refractivity contribution in [3.05, 3.63) is 18.2 Å². The fraction of sp³-hybridized carbons (Fsp3) is 0.500. The van der Waals surface area contributed by atoms with Gasteiger partial charge in [-0.1, -0.05) is 6.92 Å². The largest absolute Gasteiger partial charge is 0.383 e. The van der Waals surface area contributed by atoms with Crippen LogP contribution in [0.5, 0.6) is 0 Å². The van der Waals surface area contributed by atoms with Crippen LogP contribution in [-0.4, -0.2) is 19.3 Å². The standard InChI is InChI=1S/C12H19N5/c1-4-6-17-9(3)15-11(12(17)13)10-7-14-16(5-2)8-10/h7-8H,4-6,13H2,1-3H3. The Morgan fingerprint density at radius 2 is 2.12 bits per heavy atom. The summed E-state index contributed by atoms with van der Waals surface area (Å²) in [6.45, 7) is 7.94. The average molecular weight is 233 g/mol. The summed E-state index contributed by atoms with van der Waals surface area (Å²) in [7, 11) is 0. The zero-order valence-electron chi connectivity index (χ0n) is 10.6. The van der Waals surface area contributed by atoms with Crippen molar-refractivity contribution in [1.82, 2.24) is 19.3 Å². The van der Waals surface area contributed by atoms with Crippen LogP contribution >= 0.6 is 0 Å². The van der Waals surface area contributed by atoms with Gasteiger partial charge in [0.25, 0.3) is 0 Å². The molecule has 5 nitrogen and oxygen atoms in total. The first kappa shape index (κ1) is 11.7. The number of imidazole rings is 1. The highest BCUT2D eigenvalue weighted by Gasteiger charge is 2.14. The Hall–Kier alpha value is -1.78. The van der Waals surface area contributed by atoms with E-state index in [1.54, 1.807) is 0 Å². The average Bonchev–Trinajstić information content (AvgIpc) is 2.89. The summed E-state index contributed by atoms with van der Waals surface area (Å²) in [6.07, 6.45) is 4.85. The molecule has 0 aliphatic heterocycles. The molecule has 0 saturated heterocycles. The highest BCUT2D eigenvalue weighted by atomic mass is 15.3. The van der Waals surface area contributed by atoms with E-state index in [-0.39, 0.29) is 0 Å². The third-order valence-electron chi connectivity index (χ3n) is 2.88. The van der Waals surface area contributed by atoms with Gasteiger partial charge < -0.3 is 10.3 Å². The van der Waals surface area contributed by atoms with Crippen molar-refractivity contribution in [1.29, 1.82) is 0 Å². The monoisotopic (exact) mass is 233 g/mol. The molecule has 0 aliphatic rings. The summed E-state index contributed by atoms with van der Waals surface area (Å²) in [5.74, 6) is 1.70. The van der Waals surface area contributed by atoms with E-state index in [2.05, 4.69) is 28.5 Å². The lowest BCUT2D eigenvalue weighted by atomic mass is 10.2. The molecule has 2 heterocycles. The van der Waals surface area contributed by atoms with Crippen LogP contribution in [-0.2, 0) is 13.1 Å². The lowest BCUT2D eigenvalue weighted by molar-refractivity contribution is 0.660. The second-order valence-electron chi connectivity index (χ2n) is 4.13. The molecule has 0 aliphatic carbocycles. The van der Waals surface area contributed by atoms with E-state index in [4.69, 9.17) is 5.73 Å². The quantitative estimate of drug-likeness (QED) is 0.879. The maximum atomic E-state index is 6.14. The van der Waals surface area contributed by atoms with E-state index in [0.717, 1.165) is 42.4 Å². The van der Waals surface area contributed by atoms with Crippen LogP contribution in [0.15, 0.2) is 12.4 Å². The third-order valence-corrected chi connectivity index (χ3v) is 2.88. The van der Waals surface area contributed by atoms with E-state index in [0.29, 0.717) is 0 Å². The first-order chi connectivity index (χ1) is 8.17. The fourth-order valence-electron chi connectivity index (χ4n) is 1.96. The maximum absolute atomic E-state index is 6.14. The fourth-order valence-corrected chi connectivity index (χ4v) is 1.96. The van der Waals surface area contributed by atoms with Gasteiger partial charge in [-0.3, -0.25) is 4.68 Å². The second-order valence-corrected chi connectivity index (χ2v) is 4.13. The number of anilines is 1. The molecule has 92 valence electrons. The van der Waals surface area contributed by atoms with Gasteiger partial charge in [-0.05, 0) is 20.3 Å². The van der Waals surface area contributed by atoms with Gasteiger partial charge in [0.15, 0.2) is 0 Å². The van der Waals surface area contributed by atoms with Crippen molar-refractivity contribution in [2.75, 3.05) is 5.73 Å². The van der Waals surface area contributed by atoms with E-state index in [1.165, 1.54) is 0 Å². The van der Waals surface area contributed by atoms with Crippen LogP contribution in [0.1, 0.15) is 26.1 Å². The molecule has 2 aromatic heterocycles. The number of nitrogen functional groups attached to an aromatic ring is 1. The molecular weight excluding hydrogens is 214 g/mol. The minimum atomic E-state index is 0.736. The molecule has 2 N–H and O–H groups in total. The van der Waals surface area contributed by atoms with E-state index in [9.17, 15) is 0 Å². The zero-order valence-corrected chi connectivity index (χ0v) is 10.6. The Labute approximate surface area is 101 Å². The Morgan fingerprint density at radius 3 is 2.71 bits per heavy atom. The molecule has 0 amide bonds. The second kappa shape index (κ2) is 4.61. The first-order valence-electron chi connectivity index (χ1n) is 6.02. The Morgan fingerprint density at radius 1 is 1.35 bits per heavy atom. The summed E-state index contributed by atoms with van der Waals surface area (Å²) in [4.78, 5) is 4.53. The van der Waals surface area contributed by atoms with Crippen molar-refractivity contribution in [2.45, 2.75) is 40.3 Å². The summed E-state index contributed by atoms with van der Waals surface area (Å²) in [5, 5.41) is 4.25. The van der Waals surface area contributed by atoms with Crippen LogP contribution in [0, 0.1) is 6.92 Å². The van der Waals surface area contributed by atoms with Gasteiger partial charge >= 0.3 is 0 Å². The van der Waals surface area contributed by atoms with E-state index >= 15 is 0 Å². The summed E-state index contributed by atoms with van der Waals surface area (Å²) < 4.78 is 3.93. The number of nitrogens with two attached hydrogens (primary N) is 1. The minimum Gasteiger partial charge on any atom is -0.383 e. The number of hydrogen-bond donors (Lipinski definition) is 1. The van der Waals surface area contributed by atoms with Gasteiger partial charge in [-0.25, -0.2) is 4.98 Å². The first-order valence-corrected chi connectivity index (χ1v) is 6.02. The summed E-state index contributed by atoms with van der Waals surface area (Å²) >= 11 is 0. The number of aryl methyl sites for hydroxylation is 2. The van der Waals surface area contributed by atoms with Crippen molar-refractivity contribution in [3.8, 4) is 11.3 Å². The number of hydrogen-bond acceptors (Lipinski definition) is 3. The van der Waals surface area contributed by atoms with Crippen LogP contribution in [0.2, 0.25) is 0 Å². The molecule has 0 fully saturated rings. The van der Waals surface area contributed by atoms with Crippen LogP contribution in [0.25, 0.3) is 11.3 Å². The Balaban J connectivity index is 2.42. The third kappa shape index (κ3) is 2.05. The van der Waals surface area contributed by atoms with Gasteiger partial charge in [0.05, 0.1) is 6.20 Å². The Kier molecular flexibility index (Phi) is 3.17. The minimum absolute atomic E-state index is 0.736. The molecule has 2 rings (SSSR count). The molecule has 2 aromatic rings. The lowest BCUT2D eigenvalue weighted by Gasteiger charge is -2.04. The van der Waals surface area contributed by atoms with Gasteiger partial charge in [0.2, 0.25) is 0 Å². The van der Waals surface area contributed by atoms with Crippen molar-refractivity contribution in [3.63, 3.8) is 0 Å². The molecule has 0 bridgehead atoms. The van der Waals surface area contributed by atoms with Gasteiger partial charge in [-0.15, -0.1) is 0 Å². The molecule has 0 saturated carbocycles. The molecule has 5 heteroatoms. The van der Waals surface area contributed by atoms with E-state index in [1.807, 2.05) is 24.0 Å². The lowest BCUT2D eigenvalue weighted by Crippen LogP contribution is -2.04. The predicted molar refractivity (Wildman–Crippen MR) is 68.6 cm³/mol. The Bertz CT molecular complexity index is 509. The molecule has 0 radical (unpaired) electrons. The topological polar surface area (TPSA) is 61.7 Å². The predicted octanol–water partition coefficient (Wildman–Crippen LogP) is 2.07. The SMILES string of the molecule is CCCn1c(C)nc(-c2cnn(CC)c2)c1N. The zero-order chi connectivity index (χ0) is 12.4. The van der Waals surface area contributed by atoms with Crippen molar-refractivity contribution < 1.29 is 0 Å². The maximum Gasteiger partial charge on any atom is 0.131 e. The molecule has 0 spiro atoms. The molecule has 0 atom stereocenters. The molecular formula is C12H19N5.